The minimum absolute atomic E-state index is 0.0309. The molecule has 0 saturated carbocycles. The number of aromatic nitrogens is 1. The lowest BCUT2D eigenvalue weighted by atomic mass is 9.87. The van der Waals surface area contributed by atoms with Gasteiger partial charge < -0.3 is 10.3 Å². The van der Waals surface area contributed by atoms with Gasteiger partial charge in [-0.25, -0.2) is 4.98 Å². The third-order valence-electron chi connectivity index (χ3n) is 3.30. The number of nitrogens with two attached hydrogens (primary N) is 1. The minimum Gasteiger partial charge on any atom is -0.337 e. The molecule has 1 aromatic heterocycles. The molecular weight excluding hydrogens is 228 g/mol. The van der Waals surface area contributed by atoms with Gasteiger partial charge in [-0.3, -0.25) is 10.6 Å². The van der Waals surface area contributed by atoms with Crippen molar-refractivity contribution in [2.75, 3.05) is 12.5 Å². The Labute approximate surface area is 108 Å². The summed E-state index contributed by atoms with van der Waals surface area (Å²) in [4.78, 5) is 18.1. The molecule has 5 heteroatoms. The molecule has 1 rings (SSSR count). The average Bonchev–Trinajstić information content (AvgIpc) is 2.35. The number of pyridine rings is 1. The molecule has 1 amide bonds. The maximum absolute atomic E-state index is 12.2. The van der Waals surface area contributed by atoms with Gasteiger partial charge in [-0.2, -0.15) is 0 Å². The number of amides is 1. The highest BCUT2D eigenvalue weighted by Crippen LogP contribution is 2.24. The number of rotatable bonds is 3. The fraction of sp³-hybridized carbons (Fsp3) is 0.538. The molecule has 0 aromatic carbocycles. The van der Waals surface area contributed by atoms with E-state index < -0.39 is 0 Å². The largest absolute Gasteiger partial charge is 0.337 e. The maximum atomic E-state index is 12.2. The number of carbonyl (C=O) groups excluding carboxylic acids is 1. The van der Waals surface area contributed by atoms with Gasteiger partial charge in [-0.05, 0) is 24.5 Å². The zero-order valence-corrected chi connectivity index (χ0v) is 11.7. The van der Waals surface area contributed by atoms with Crippen LogP contribution in [-0.4, -0.2) is 28.9 Å². The van der Waals surface area contributed by atoms with Gasteiger partial charge in [-0.1, -0.05) is 20.8 Å². The van der Waals surface area contributed by atoms with Crippen LogP contribution in [0.4, 0.5) is 5.69 Å². The van der Waals surface area contributed by atoms with E-state index in [1.165, 1.54) is 0 Å². The van der Waals surface area contributed by atoms with Gasteiger partial charge in [0.2, 0.25) is 0 Å². The zero-order chi connectivity index (χ0) is 13.9. The Balaban J connectivity index is 2.86. The van der Waals surface area contributed by atoms with Crippen molar-refractivity contribution in [3.05, 3.63) is 24.0 Å². The highest BCUT2D eigenvalue weighted by atomic mass is 16.2. The molecule has 0 saturated heterocycles. The lowest BCUT2D eigenvalue weighted by Gasteiger charge is -2.35. The summed E-state index contributed by atoms with van der Waals surface area (Å²) in [5.74, 6) is 5.17. The van der Waals surface area contributed by atoms with Gasteiger partial charge in [0.05, 0.1) is 11.9 Å². The zero-order valence-electron chi connectivity index (χ0n) is 11.7. The number of carbonyl (C=O) groups is 1. The fourth-order valence-corrected chi connectivity index (χ4v) is 1.54. The van der Waals surface area contributed by atoms with Gasteiger partial charge in [0.25, 0.3) is 5.91 Å². The topological polar surface area (TPSA) is 71.2 Å². The van der Waals surface area contributed by atoms with Crippen LogP contribution in [0.5, 0.6) is 0 Å². The first kappa shape index (κ1) is 14.4. The van der Waals surface area contributed by atoms with E-state index in [0.717, 1.165) is 0 Å². The van der Waals surface area contributed by atoms with E-state index in [-0.39, 0.29) is 17.4 Å². The van der Waals surface area contributed by atoms with E-state index >= 15 is 0 Å². The van der Waals surface area contributed by atoms with Gasteiger partial charge in [0, 0.05) is 13.1 Å². The molecule has 0 bridgehead atoms. The van der Waals surface area contributed by atoms with Gasteiger partial charge in [-0.15, -0.1) is 0 Å². The molecule has 100 valence electrons. The van der Waals surface area contributed by atoms with Crippen LogP contribution < -0.4 is 11.3 Å². The molecule has 1 aromatic rings. The Hall–Kier alpha value is -1.62. The van der Waals surface area contributed by atoms with Gasteiger partial charge >= 0.3 is 0 Å². The molecule has 0 spiro atoms. The average molecular weight is 250 g/mol. The van der Waals surface area contributed by atoms with Crippen molar-refractivity contribution < 1.29 is 4.79 Å². The molecule has 0 aliphatic rings. The molecule has 3 N–H and O–H groups in total. The minimum atomic E-state index is -0.0824. The highest BCUT2D eigenvalue weighted by molar-refractivity contribution is 5.92. The molecule has 0 aliphatic heterocycles. The Morgan fingerprint density at radius 3 is 2.44 bits per heavy atom. The summed E-state index contributed by atoms with van der Waals surface area (Å²) < 4.78 is 0. The van der Waals surface area contributed by atoms with E-state index in [4.69, 9.17) is 5.84 Å². The van der Waals surface area contributed by atoms with Crippen LogP contribution >= 0.6 is 0 Å². The van der Waals surface area contributed by atoms with Crippen LogP contribution in [-0.2, 0) is 0 Å². The normalized spacial score (nSPS) is 13.0. The van der Waals surface area contributed by atoms with Crippen molar-refractivity contribution in [2.24, 2.45) is 11.3 Å². The monoisotopic (exact) mass is 250 g/mol. The molecule has 0 aliphatic carbocycles. The summed E-state index contributed by atoms with van der Waals surface area (Å²) in [5, 5.41) is 0. The molecule has 1 heterocycles. The SMILES string of the molecule is CC(N(C)C(=O)c1ccc(NN)cn1)C(C)(C)C. The number of nitrogens with one attached hydrogen (secondary N) is 1. The summed E-state index contributed by atoms with van der Waals surface area (Å²) in [6.07, 6.45) is 1.54. The third-order valence-corrected chi connectivity index (χ3v) is 3.30. The molecule has 1 unspecified atom stereocenters. The predicted molar refractivity (Wildman–Crippen MR) is 73.1 cm³/mol. The predicted octanol–water partition coefficient (Wildman–Crippen LogP) is 1.87. The first-order chi connectivity index (χ1) is 8.27. The standard InChI is InChI=1S/C13H22N4O/c1-9(13(2,3)4)17(5)12(18)11-7-6-10(16-14)8-15-11/h6-9,16H,14H2,1-5H3. The Bertz CT molecular complexity index is 408. The third kappa shape index (κ3) is 3.20. The van der Waals surface area contributed by atoms with Crippen LogP contribution in [0, 0.1) is 5.41 Å². The first-order valence-electron chi connectivity index (χ1n) is 5.97. The summed E-state index contributed by atoms with van der Waals surface area (Å²) >= 11 is 0. The number of nitrogen functional groups attached to an aromatic ring is 1. The number of hydrogen-bond acceptors (Lipinski definition) is 4. The number of anilines is 1. The summed E-state index contributed by atoms with van der Waals surface area (Å²) in [6, 6.07) is 3.53. The van der Waals surface area contributed by atoms with Crippen molar-refractivity contribution >= 4 is 11.6 Å². The molecular formula is C13H22N4O. The summed E-state index contributed by atoms with van der Waals surface area (Å²) in [6.45, 7) is 8.36. The quantitative estimate of drug-likeness (QED) is 0.634. The van der Waals surface area contributed by atoms with Crippen molar-refractivity contribution in [2.45, 2.75) is 33.7 Å². The van der Waals surface area contributed by atoms with Gasteiger partial charge in [0.1, 0.15) is 5.69 Å². The van der Waals surface area contributed by atoms with Crippen LogP contribution in [0.2, 0.25) is 0 Å². The van der Waals surface area contributed by atoms with E-state index in [0.29, 0.717) is 11.4 Å². The lowest BCUT2D eigenvalue weighted by molar-refractivity contribution is 0.0623. The van der Waals surface area contributed by atoms with E-state index in [1.807, 2.05) is 6.92 Å². The Morgan fingerprint density at radius 1 is 1.44 bits per heavy atom. The van der Waals surface area contributed by atoms with Crippen LogP contribution in [0.25, 0.3) is 0 Å². The van der Waals surface area contributed by atoms with Crippen molar-refractivity contribution in [3.63, 3.8) is 0 Å². The van der Waals surface area contributed by atoms with E-state index in [1.54, 1.807) is 30.3 Å². The van der Waals surface area contributed by atoms with Crippen LogP contribution in [0.1, 0.15) is 38.2 Å². The summed E-state index contributed by atoms with van der Waals surface area (Å²) in [7, 11) is 1.80. The van der Waals surface area contributed by atoms with Crippen LogP contribution in [0.15, 0.2) is 18.3 Å². The number of hydrazine groups is 1. The molecule has 1 atom stereocenters. The number of nitrogens with zero attached hydrogens (tertiary/aromatic N) is 2. The van der Waals surface area contributed by atoms with E-state index in [9.17, 15) is 4.79 Å². The van der Waals surface area contributed by atoms with Crippen molar-refractivity contribution in [1.82, 2.24) is 9.88 Å². The molecule has 0 radical (unpaired) electrons. The molecule has 18 heavy (non-hydrogen) atoms. The smallest absolute Gasteiger partial charge is 0.272 e. The maximum Gasteiger partial charge on any atom is 0.272 e. The molecule has 5 nitrogen and oxygen atoms in total. The second kappa shape index (κ2) is 5.35. The van der Waals surface area contributed by atoms with Crippen molar-refractivity contribution in [1.29, 1.82) is 0 Å². The van der Waals surface area contributed by atoms with Crippen LogP contribution in [0.3, 0.4) is 0 Å². The number of hydrogen-bond donors (Lipinski definition) is 2. The van der Waals surface area contributed by atoms with Gasteiger partial charge in [0.15, 0.2) is 0 Å². The fourth-order valence-electron chi connectivity index (χ4n) is 1.54. The van der Waals surface area contributed by atoms with E-state index in [2.05, 4.69) is 31.2 Å². The second-order valence-corrected chi connectivity index (χ2v) is 5.53. The van der Waals surface area contributed by atoms with Crippen molar-refractivity contribution in [3.8, 4) is 0 Å². The second-order valence-electron chi connectivity index (χ2n) is 5.53. The highest BCUT2D eigenvalue weighted by Gasteiger charge is 2.27. The Morgan fingerprint density at radius 2 is 2.06 bits per heavy atom. The summed E-state index contributed by atoms with van der Waals surface area (Å²) in [5.41, 5.74) is 3.62. The molecule has 0 fully saturated rings. The Kier molecular flexibility index (Phi) is 4.29. The lowest BCUT2D eigenvalue weighted by Crippen LogP contribution is -2.43. The first-order valence-corrected chi connectivity index (χ1v) is 5.97.